The molecule has 4 aromatic rings. The first-order valence-corrected chi connectivity index (χ1v) is 12.7. The van der Waals surface area contributed by atoms with Gasteiger partial charge < -0.3 is 14.1 Å². The molecule has 0 N–H and O–H groups in total. The maximum Gasteiger partial charge on any atom is 0.290 e. The van der Waals surface area contributed by atoms with Crippen molar-refractivity contribution in [2.75, 3.05) is 6.54 Å². The highest BCUT2D eigenvalue weighted by Gasteiger charge is 2.42. The van der Waals surface area contributed by atoms with Gasteiger partial charge in [0.15, 0.2) is 5.43 Å². The summed E-state index contributed by atoms with van der Waals surface area (Å²) in [7, 11) is 0. The summed E-state index contributed by atoms with van der Waals surface area (Å²) < 4.78 is 12.1. The molecule has 1 aromatic heterocycles. The molecule has 0 bridgehead atoms. The Hall–Kier alpha value is -3.57. The van der Waals surface area contributed by atoms with Crippen molar-refractivity contribution >= 4 is 28.5 Å². The van der Waals surface area contributed by atoms with E-state index < -0.39 is 6.04 Å². The number of hydrogen-bond acceptors (Lipinski definition) is 4. The van der Waals surface area contributed by atoms with Crippen LogP contribution in [0.1, 0.15) is 65.0 Å². The molecule has 2 heterocycles. The molecule has 0 aliphatic carbocycles. The van der Waals surface area contributed by atoms with Gasteiger partial charge in [-0.1, -0.05) is 73.8 Å². The summed E-state index contributed by atoms with van der Waals surface area (Å²) in [5.74, 6) is 0.536. The van der Waals surface area contributed by atoms with Crippen molar-refractivity contribution in [2.24, 2.45) is 0 Å². The van der Waals surface area contributed by atoms with Gasteiger partial charge in [-0.2, -0.15) is 0 Å². The molecule has 3 aromatic carbocycles. The van der Waals surface area contributed by atoms with Gasteiger partial charge in [0.25, 0.3) is 5.91 Å². The topological polar surface area (TPSA) is 59.8 Å². The van der Waals surface area contributed by atoms with E-state index in [1.165, 1.54) is 0 Å². The van der Waals surface area contributed by atoms with E-state index in [-0.39, 0.29) is 17.1 Å². The van der Waals surface area contributed by atoms with E-state index in [0.717, 1.165) is 36.0 Å². The predicted molar refractivity (Wildman–Crippen MR) is 142 cm³/mol. The number of halogens is 1. The highest BCUT2D eigenvalue weighted by Crippen LogP contribution is 2.39. The van der Waals surface area contributed by atoms with Crippen molar-refractivity contribution in [3.05, 3.63) is 110 Å². The van der Waals surface area contributed by atoms with Crippen molar-refractivity contribution in [1.29, 1.82) is 0 Å². The number of unbranched alkanes of at least 4 members (excludes halogenated alkanes) is 2. The molecule has 1 atom stereocenters. The maximum absolute atomic E-state index is 13.8. The predicted octanol–water partition coefficient (Wildman–Crippen LogP) is 7.07. The second-order valence-electron chi connectivity index (χ2n) is 9.23. The minimum atomic E-state index is -0.551. The van der Waals surface area contributed by atoms with Crippen molar-refractivity contribution < 1.29 is 13.9 Å². The molecule has 0 fully saturated rings. The van der Waals surface area contributed by atoms with E-state index in [1.54, 1.807) is 17.0 Å². The van der Waals surface area contributed by atoms with Crippen LogP contribution in [0.2, 0.25) is 5.02 Å². The molecular formula is C30H28ClNO4. The van der Waals surface area contributed by atoms with Gasteiger partial charge in [-0.3, -0.25) is 9.59 Å². The highest BCUT2D eigenvalue weighted by atomic mass is 35.5. The van der Waals surface area contributed by atoms with Gasteiger partial charge in [0.1, 0.15) is 17.9 Å². The van der Waals surface area contributed by atoms with E-state index >= 15 is 0 Å². The lowest BCUT2D eigenvalue weighted by Crippen LogP contribution is -2.30. The number of rotatable bonds is 8. The van der Waals surface area contributed by atoms with E-state index in [0.29, 0.717) is 40.5 Å². The van der Waals surface area contributed by atoms with E-state index in [9.17, 15) is 9.59 Å². The number of nitrogens with zero attached hydrogens (tertiary/aromatic N) is 1. The Morgan fingerprint density at radius 3 is 2.58 bits per heavy atom. The molecule has 5 nitrogen and oxygen atoms in total. The normalized spacial score (nSPS) is 14.9. The molecule has 0 spiro atoms. The average Bonchev–Trinajstić information content (AvgIpc) is 3.17. The van der Waals surface area contributed by atoms with Crippen LogP contribution in [-0.4, -0.2) is 17.4 Å². The standard InChI is InChI=1S/C30H28ClNO4/c1-3-4-8-14-32-27(21-12-9-13-22(16-21)35-18-20-10-6-5-7-11-20)26-28(33)23-17-24(31)19(2)15-25(23)36-29(26)30(32)34/h5-7,9-13,15-17,27H,3-4,8,14,18H2,1-2H3. The summed E-state index contributed by atoms with van der Waals surface area (Å²) in [6.07, 6.45) is 2.86. The first-order chi connectivity index (χ1) is 17.5. The largest absolute Gasteiger partial charge is 0.489 e. The van der Waals surface area contributed by atoms with Crippen molar-refractivity contribution in [3.8, 4) is 5.75 Å². The Bertz CT molecular complexity index is 1480. The molecule has 1 aliphatic rings. The molecule has 1 unspecified atom stereocenters. The van der Waals surface area contributed by atoms with Crippen LogP contribution in [0.5, 0.6) is 5.75 Å². The number of ether oxygens (including phenoxy) is 1. The van der Waals surface area contributed by atoms with Crippen molar-refractivity contribution in [2.45, 2.75) is 45.8 Å². The molecular weight excluding hydrogens is 474 g/mol. The first kappa shape index (κ1) is 24.1. The third-order valence-electron chi connectivity index (χ3n) is 6.67. The smallest absolute Gasteiger partial charge is 0.290 e. The maximum atomic E-state index is 13.8. The summed E-state index contributed by atoms with van der Waals surface area (Å²) in [5, 5.41) is 0.876. The zero-order valence-corrected chi connectivity index (χ0v) is 21.2. The van der Waals surface area contributed by atoms with E-state index in [2.05, 4.69) is 6.92 Å². The number of benzene rings is 3. The summed E-state index contributed by atoms with van der Waals surface area (Å²) in [5.41, 5.74) is 3.18. The van der Waals surface area contributed by atoms with Gasteiger partial charge in [-0.15, -0.1) is 0 Å². The Labute approximate surface area is 215 Å². The summed E-state index contributed by atoms with van der Waals surface area (Å²) >= 11 is 6.34. The van der Waals surface area contributed by atoms with Gasteiger partial charge in [0, 0.05) is 11.6 Å². The fourth-order valence-corrected chi connectivity index (χ4v) is 4.93. The Morgan fingerprint density at radius 2 is 1.81 bits per heavy atom. The number of aryl methyl sites for hydroxylation is 1. The van der Waals surface area contributed by atoms with Gasteiger partial charge in [0.2, 0.25) is 5.76 Å². The minimum absolute atomic E-state index is 0.117. The Morgan fingerprint density at radius 1 is 1.00 bits per heavy atom. The minimum Gasteiger partial charge on any atom is -0.489 e. The lowest BCUT2D eigenvalue weighted by molar-refractivity contribution is 0.0724. The number of carbonyl (C=O) groups is 1. The summed E-state index contributed by atoms with van der Waals surface area (Å²) in [6, 6.07) is 20.4. The van der Waals surface area contributed by atoms with Crippen LogP contribution in [-0.2, 0) is 6.61 Å². The first-order valence-electron chi connectivity index (χ1n) is 12.3. The van der Waals surface area contributed by atoms with Crippen LogP contribution < -0.4 is 10.2 Å². The highest BCUT2D eigenvalue weighted by molar-refractivity contribution is 6.32. The molecule has 0 saturated carbocycles. The van der Waals surface area contributed by atoms with Gasteiger partial charge in [-0.25, -0.2) is 0 Å². The Balaban J connectivity index is 1.58. The van der Waals surface area contributed by atoms with Gasteiger partial charge in [-0.05, 0) is 54.3 Å². The fourth-order valence-electron chi connectivity index (χ4n) is 4.77. The lowest BCUT2D eigenvalue weighted by Gasteiger charge is -2.25. The third-order valence-corrected chi connectivity index (χ3v) is 7.08. The third kappa shape index (κ3) is 4.51. The van der Waals surface area contributed by atoms with Gasteiger partial charge >= 0.3 is 0 Å². The number of amides is 1. The van der Waals surface area contributed by atoms with Crippen LogP contribution in [0.15, 0.2) is 75.9 Å². The van der Waals surface area contributed by atoms with Crippen LogP contribution in [0.3, 0.4) is 0 Å². The second kappa shape index (κ2) is 10.2. The summed E-state index contributed by atoms with van der Waals surface area (Å²) in [4.78, 5) is 29.1. The molecule has 1 amide bonds. The SMILES string of the molecule is CCCCCN1C(=O)c2oc3cc(C)c(Cl)cc3c(=O)c2C1c1cccc(OCc2ccccc2)c1. The van der Waals surface area contributed by atoms with Crippen LogP contribution >= 0.6 is 11.6 Å². The van der Waals surface area contributed by atoms with Gasteiger partial charge in [0.05, 0.1) is 17.0 Å². The zero-order chi connectivity index (χ0) is 25.2. The molecule has 36 heavy (non-hydrogen) atoms. The molecule has 5 rings (SSSR count). The molecule has 184 valence electrons. The molecule has 0 radical (unpaired) electrons. The van der Waals surface area contributed by atoms with Crippen LogP contribution in [0, 0.1) is 6.92 Å². The molecule has 6 heteroatoms. The van der Waals surface area contributed by atoms with Crippen LogP contribution in [0.4, 0.5) is 0 Å². The zero-order valence-electron chi connectivity index (χ0n) is 20.4. The van der Waals surface area contributed by atoms with Crippen molar-refractivity contribution in [1.82, 2.24) is 4.90 Å². The number of fused-ring (bicyclic) bond motifs is 2. The fraction of sp³-hybridized carbons (Fsp3) is 0.267. The Kier molecular flexibility index (Phi) is 6.84. The molecule has 1 aliphatic heterocycles. The quantitative estimate of drug-likeness (QED) is 0.242. The number of hydrogen-bond donors (Lipinski definition) is 0. The second-order valence-corrected chi connectivity index (χ2v) is 9.63. The van der Waals surface area contributed by atoms with E-state index in [1.807, 2.05) is 61.5 Å². The van der Waals surface area contributed by atoms with Crippen molar-refractivity contribution in [3.63, 3.8) is 0 Å². The number of carbonyl (C=O) groups excluding carboxylic acids is 1. The average molecular weight is 502 g/mol. The molecule has 0 saturated heterocycles. The monoisotopic (exact) mass is 501 g/mol. The lowest BCUT2D eigenvalue weighted by atomic mass is 9.98. The van der Waals surface area contributed by atoms with Crippen LogP contribution in [0.25, 0.3) is 11.0 Å². The summed E-state index contributed by atoms with van der Waals surface area (Å²) in [6.45, 7) is 4.93. The van der Waals surface area contributed by atoms with E-state index in [4.69, 9.17) is 20.8 Å².